The van der Waals surface area contributed by atoms with Crippen LogP contribution in [0.5, 0.6) is 0 Å². The van der Waals surface area contributed by atoms with Gasteiger partial charge in [-0.05, 0) is 24.3 Å². The Hall–Kier alpha value is -2.18. The first-order valence-corrected chi connectivity index (χ1v) is 4.87. The van der Waals surface area contributed by atoms with Gasteiger partial charge in [0.15, 0.2) is 11.6 Å². The molecule has 0 heterocycles. The molecule has 0 saturated heterocycles. The fourth-order valence-corrected chi connectivity index (χ4v) is 1.05. The Labute approximate surface area is 127 Å². The number of halogens is 2. The van der Waals surface area contributed by atoms with E-state index in [1.54, 1.807) is 0 Å². The fourth-order valence-electron chi connectivity index (χ4n) is 1.05. The van der Waals surface area contributed by atoms with Gasteiger partial charge >= 0.3 is 0 Å². The third-order valence-electron chi connectivity index (χ3n) is 1.96. The first-order valence-electron chi connectivity index (χ1n) is 4.87. The van der Waals surface area contributed by atoms with Gasteiger partial charge in [-0.15, -0.1) is 24.8 Å². The Morgan fingerprint density at radius 3 is 1.10 bits per heavy atom. The lowest BCUT2D eigenvalue weighted by Crippen LogP contribution is -2.14. The minimum atomic E-state index is -0.297. The minimum absolute atomic E-state index is 0. The van der Waals surface area contributed by atoms with Gasteiger partial charge in [0, 0.05) is 12.2 Å². The Kier molecular flexibility index (Phi) is 8.91. The molecule has 0 aromatic rings. The molecule has 8 heteroatoms. The van der Waals surface area contributed by atoms with E-state index in [1.165, 1.54) is 12.2 Å². The van der Waals surface area contributed by atoms with Crippen molar-refractivity contribution in [3.63, 3.8) is 0 Å². The smallest absolute Gasteiger partial charge is 0.201 e. The summed E-state index contributed by atoms with van der Waals surface area (Å²) < 4.78 is 0. The summed E-state index contributed by atoms with van der Waals surface area (Å²) in [4.78, 5) is 41.9. The molecule has 2 aliphatic rings. The van der Waals surface area contributed by atoms with Crippen molar-refractivity contribution in [3.8, 4) is 0 Å². The van der Waals surface area contributed by atoms with Crippen LogP contribution in [0.2, 0.25) is 0 Å². The van der Waals surface area contributed by atoms with Crippen molar-refractivity contribution in [1.82, 2.24) is 0 Å². The van der Waals surface area contributed by atoms with Crippen LogP contribution < -0.4 is 11.5 Å². The van der Waals surface area contributed by atoms with Crippen LogP contribution in [-0.4, -0.2) is 23.1 Å². The predicted molar refractivity (Wildman–Crippen MR) is 77.3 cm³/mol. The number of hydrogen-bond acceptors (Lipinski definition) is 6. The molecule has 0 fully saturated rings. The van der Waals surface area contributed by atoms with Crippen molar-refractivity contribution in [2.24, 2.45) is 11.5 Å². The molecule has 108 valence electrons. The quantitative estimate of drug-likeness (QED) is 0.602. The molecular formula is C12H12Cl2N2O4. The normalized spacial score (nSPS) is 16.2. The number of carbonyl (C=O) groups is 4. The molecule has 0 aromatic carbocycles. The average molecular weight is 319 g/mol. The highest BCUT2D eigenvalue weighted by molar-refractivity contribution is 6.17. The highest BCUT2D eigenvalue weighted by Gasteiger charge is 2.08. The second-order valence-electron chi connectivity index (χ2n) is 3.40. The molecule has 0 unspecified atom stereocenters. The van der Waals surface area contributed by atoms with E-state index in [0.29, 0.717) is 0 Å². The molecule has 0 atom stereocenters. The lowest BCUT2D eigenvalue weighted by molar-refractivity contribution is -0.114. The number of carbonyl (C=O) groups excluding carboxylic acids is 4. The van der Waals surface area contributed by atoms with E-state index >= 15 is 0 Å². The van der Waals surface area contributed by atoms with E-state index in [4.69, 9.17) is 11.5 Å². The second kappa shape index (κ2) is 8.84. The first kappa shape index (κ1) is 20.1. The van der Waals surface area contributed by atoms with Crippen molar-refractivity contribution in [2.75, 3.05) is 0 Å². The molecule has 0 radical (unpaired) electrons. The van der Waals surface area contributed by atoms with Crippen molar-refractivity contribution >= 4 is 47.9 Å². The lowest BCUT2D eigenvalue weighted by Gasteiger charge is -1.96. The van der Waals surface area contributed by atoms with Gasteiger partial charge in [0.05, 0.1) is 11.4 Å². The lowest BCUT2D eigenvalue weighted by atomic mass is 10.1. The molecule has 0 aromatic heterocycles. The SMILES string of the molecule is Cl.Cl.NC1=CC(=O)C=CC1=O.NC1=CC(=O)C=CC1=O. The van der Waals surface area contributed by atoms with E-state index in [9.17, 15) is 19.2 Å². The Balaban J connectivity index is 0. The standard InChI is InChI=1S/2C6H5NO2.2ClH/c2*7-5-3-4(8)1-2-6(5)9;;/h2*1-3H,7H2;2*1H. The van der Waals surface area contributed by atoms with Gasteiger partial charge in [-0.25, -0.2) is 0 Å². The predicted octanol–water partition coefficient (Wildman–Crippen LogP) is -0.0824. The molecule has 2 rings (SSSR count). The summed E-state index contributed by atoms with van der Waals surface area (Å²) in [7, 11) is 0. The maximum absolute atomic E-state index is 10.5. The number of nitrogens with two attached hydrogens (primary N) is 2. The number of hydrogen-bond donors (Lipinski definition) is 2. The van der Waals surface area contributed by atoms with Gasteiger partial charge in [0.25, 0.3) is 0 Å². The molecule has 0 amide bonds. The van der Waals surface area contributed by atoms with E-state index in [-0.39, 0.29) is 59.3 Å². The Bertz CT molecular complexity index is 510. The van der Waals surface area contributed by atoms with Gasteiger partial charge in [-0.2, -0.15) is 0 Å². The third kappa shape index (κ3) is 6.12. The van der Waals surface area contributed by atoms with Crippen LogP contribution in [0.15, 0.2) is 47.9 Å². The van der Waals surface area contributed by atoms with Crippen LogP contribution in [-0.2, 0) is 19.2 Å². The zero-order valence-electron chi connectivity index (χ0n) is 10.1. The summed E-state index contributed by atoms with van der Waals surface area (Å²) in [6, 6.07) is 0. The van der Waals surface area contributed by atoms with Crippen molar-refractivity contribution in [1.29, 1.82) is 0 Å². The number of rotatable bonds is 0. The molecule has 0 aliphatic heterocycles. The van der Waals surface area contributed by atoms with Gasteiger partial charge in [-0.1, -0.05) is 0 Å². The van der Waals surface area contributed by atoms with E-state index in [1.807, 2.05) is 0 Å². The maximum Gasteiger partial charge on any atom is 0.201 e. The molecule has 6 nitrogen and oxygen atoms in total. The summed E-state index contributed by atoms with van der Waals surface area (Å²) in [5.41, 5.74) is 10.2. The van der Waals surface area contributed by atoms with Crippen molar-refractivity contribution in [2.45, 2.75) is 0 Å². The van der Waals surface area contributed by atoms with Crippen molar-refractivity contribution in [3.05, 3.63) is 47.9 Å². The van der Waals surface area contributed by atoms with E-state index in [2.05, 4.69) is 0 Å². The van der Waals surface area contributed by atoms with Gasteiger partial charge in [-0.3, -0.25) is 19.2 Å². The molecule has 20 heavy (non-hydrogen) atoms. The largest absolute Gasteiger partial charge is 0.395 e. The number of allylic oxidation sites excluding steroid dienone is 6. The third-order valence-corrected chi connectivity index (χ3v) is 1.96. The average Bonchev–Trinajstić information content (AvgIpc) is 2.30. The van der Waals surface area contributed by atoms with Crippen LogP contribution in [0.3, 0.4) is 0 Å². The summed E-state index contributed by atoms with van der Waals surface area (Å²) in [5.74, 6) is -1.05. The van der Waals surface area contributed by atoms with Gasteiger partial charge in [0.2, 0.25) is 11.6 Å². The molecule has 0 bridgehead atoms. The van der Waals surface area contributed by atoms with Crippen molar-refractivity contribution < 1.29 is 19.2 Å². The first-order chi connectivity index (χ1) is 8.40. The van der Waals surface area contributed by atoms with E-state index < -0.39 is 0 Å². The van der Waals surface area contributed by atoms with Gasteiger partial charge in [0.1, 0.15) is 0 Å². The topological polar surface area (TPSA) is 120 Å². The molecule has 2 aliphatic carbocycles. The maximum atomic E-state index is 10.5. The summed E-state index contributed by atoms with van der Waals surface area (Å²) in [6.45, 7) is 0. The fraction of sp³-hybridized carbons (Fsp3) is 0. The van der Waals surface area contributed by atoms with E-state index in [0.717, 1.165) is 24.3 Å². The zero-order valence-corrected chi connectivity index (χ0v) is 11.7. The summed E-state index contributed by atoms with van der Waals surface area (Å²) in [5, 5.41) is 0. The van der Waals surface area contributed by atoms with Crippen LogP contribution in [0.4, 0.5) is 0 Å². The molecule has 0 spiro atoms. The Morgan fingerprint density at radius 2 is 0.900 bits per heavy atom. The van der Waals surface area contributed by atoms with Gasteiger partial charge < -0.3 is 11.5 Å². The minimum Gasteiger partial charge on any atom is -0.395 e. The monoisotopic (exact) mass is 318 g/mol. The molecular weight excluding hydrogens is 307 g/mol. The zero-order chi connectivity index (χ0) is 13.7. The second-order valence-corrected chi connectivity index (χ2v) is 3.40. The molecule has 4 N–H and O–H groups in total. The highest BCUT2D eigenvalue weighted by atomic mass is 35.5. The van der Waals surface area contributed by atoms with Crippen LogP contribution >= 0.6 is 24.8 Å². The van der Waals surface area contributed by atoms with Crippen LogP contribution in [0.25, 0.3) is 0 Å². The highest BCUT2D eigenvalue weighted by Crippen LogP contribution is 1.97. The number of ketones is 4. The van der Waals surface area contributed by atoms with Crippen LogP contribution in [0.1, 0.15) is 0 Å². The van der Waals surface area contributed by atoms with Crippen LogP contribution in [0, 0.1) is 0 Å². The Morgan fingerprint density at radius 1 is 0.600 bits per heavy atom. The molecule has 0 saturated carbocycles. The summed E-state index contributed by atoms with van der Waals surface area (Å²) in [6.07, 6.45) is 6.94. The summed E-state index contributed by atoms with van der Waals surface area (Å²) >= 11 is 0.